The molecular formula is C16H25N5O14P2. The number of ether oxygens (including phenoxy) is 1. The van der Waals surface area contributed by atoms with Gasteiger partial charge in [0.15, 0.2) is 24.0 Å². The summed E-state index contributed by atoms with van der Waals surface area (Å²) >= 11 is 0. The standard InChI is InChI=1S/C16H25N5O14P2/c1-6(10(24)11(25)7(23)2-22)34-37(31,35-36(28,29)30)32-3-8-12(26)13(27)16(33-8)21-5-20-9-14(17)18-4-19-15(9)21/h2,4-8,10-13,16,23-27H,3H2,1H3,(H2,17,18,19)(H2,28,29,30)/t6-,7+,8-,10+,11-,12-,13-,16-,37?/m1/s1. The lowest BCUT2D eigenvalue weighted by atomic mass is 10.1. The zero-order valence-corrected chi connectivity index (χ0v) is 20.6. The number of nitrogens with two attached hydrogens (primary N) is 1. The maximum absolute atomic E-state index is 12.9. The monoisotopic (exact) mass is 573 g/mol. The number of aliphatic hydroxyl groups is 5. The van der Waals surface area contributed by atoms with Crippen LogP contribution in [0.25, 0.3) is 11.2 Å². The Morgan fingerprint density at radius 3 is 2.46 bits per heavy atom. The van der Waals surface area contributed by atoms with Crippen LogP contribution in [0, 0.1) is 0 Å². The normalized spacial score (nSPS) is 27.5. The minimum absolute atomic E-state index is 0.0337. The quantitative estimate of drug-likeness (QED) is 0.0923. The molecule has 9 atom stereocenters. The summed E-state index contributed by atoms with van der Waals surface area (Å²) in [5.41, 5.74) is 6.04. The molecule has 21 heteroatoms. The largest absolute Gasteiger partial charge is 0.484 e. The number of aldehydes is 1. The molecule has 0 spiro atoms. The molecule has 1 aliphatic rings. The number of carbonyl (C=O) groups is 1. The van der Waals surface area contributed by atoms with Gasteiger partial charge >= 0.3 is 15.6 Å². The van der Waals surface area contributed by atoms with Crippen LogP contribution in [0.1, 0.15) is 13.2 Å². The Morgan fingerprint density at radius 2 is 1.84 bits per heavy atom. The first kappa shape index (κ1) is 29.6. The molecule has 208 valence electrons. The molecule has 0 radical (unpaired) electrons. The number of aromatic nitrogens is 4. The van der Waals surface area contributed by atoms with Gasteiger partial charge in [-0.15, -0.1) is 0 Å². The number of hydrogen-bond acceptors (Lipinski definition) is 16. The molecule has 0 aromatic carbocycles. The van der Waals surface area contributed by atoms with E-state index in [2.05, 4.69) is 19.3 Å². The summed E-state index contributed by atoms with van der Waals surface area (Å²) in [4.78, 5) is 40.6. The van der Waals surface area contributed by atoms with Gasteiger partial charge in [0.05, 0.1) is 19.0 Å². The molecule has 1 unspecified atom stereocenters. The lowest BCUT2D eigenvalue weighted by molar-refractivity contribution is -0.132. The third-order valence-electron chi connectivity index (χ3n) is 5.22. The Balaban J connectivity index is 1.75. The molecule has 2 aromatic heterocycles. The highest BCUT2D eigenvalue weighted by Gasteiger charge is 2.47. The van der Waals surface area contributed by atoms with Gasteiger partial charge in [0.2, 0.25) is 0 Å². The second kappa shape index (κ2) is 11.4. The molecule has 9 N–H and O–H groups in total. The first-order valence-electron chi connectivity index (χ1n) is 10.3. The van der Waals surface area contributed by atoms with Gasteiger partial charge < -0.3 is 50.6 Å². The summed E-state index contributed by atoms with van der Waals surface area (Å²) in [5.74, 6) is 0.0337. The highest BCUT2D eigenvalue weighted by molar-refractivity contribution is 7.61. The van der Waals surface area contributed by atoms with Crippen LogP contribution in [0.4, 0.5) is 5.82 Å². The topological polar surface area (TPSA) is 299 Å². The summed E-state index contributed by atoms with van der Waals surface area (Å²) in [6.45, 7) is 0.0287. The Labute approximate surface area is 207 Å². The smallest absolute Gasteiger partial charge is 0.388 e. The summed E-state index contributed by atoms with van der Waals surface area (Å²) < 4.78 is 44.9. The van der Waals surface area contributed by atoms with Gasteiger partial charge in [-0.25, -0.2) is 24.1 Å². The van der Waals surface area contributed by atoms with Gasteiger partial charge in [-0.2, -0.15) is 4.31 Å². The number of imidazole rings is 1. The maximum atomic E-state index is 12.9. The molecule has 3 rings (SSSR count). The molecule has 1 fully saturated rings. The van der Waals surface area contributed by atoms with Crippen LogP contribution in [0.3, 0.4) is 0 Å². The highest BCUT2D eigenvalue weighted by atomic mass is 31.3. The lowest BCUT2D eigenvalue weighted by Crippen LogP contribution is -2.44. The van der Waals surface area contributed by atoms with Crippen LogP contribution < -0.4 is 5.73 Å². The minimum atomic E-state index is -5.55. The first-order valence-corrected chi connectivity index (χ1v) is 13.3. The molecular weight excluding hydrogens is 548 g/mol. The second-order valence-corrected chi connectivity index (χ2v) is 10.9. The Kier molecular flexibility index (Phi) is 9.14. The Hall–Kier alpha value is -1.96. The average molecular weight is 573 g/mol. The highest BCUT2D eigenvalue weighted by Crippen LogP contribution is 2.62. The van der Waals surface area contributed by atoms with Gasteiger partial charge in [0.25, 0.3) is 0 Å². The Bertz CT molecular complexity index is 1190. The maximum Gasteiger partial charge on any atom is 0.484 e. The van der Waals surface area contributed by atoms with Gasteiger partial charge in [-0.1, -0.05) is 0 Å². The van der Waals surface area contributed by atoms with E-state index in [4.69, 9.17) is 29.3 Å². The van der Waals surface area contributed by atoms with Crippen LogP contribution in [-0.2, 0) is 32.0 Å². The fourth-order valence-electron chi connectivity index (χ4n) is 3.35. The van der Waals surface area contributed by atoms with Crippen LogP contribution in [0.5, 0.6) is 0 Å². The van der Waals surface area contributed by atoms with E-state index in [9.17, 15) is 39.5 Å². The predicted molar refractivity (Wildman–Crippen MR) is 117 cm³/mol. The molecule has 19 nitrogen and oxygen atoms in total. The molecule has 2 aromatic rings. The second-order valence-electron chi connectivity index (χ2n) is 7.86. The number of carbonyl (C=O) groups excluding carboxylic acids is 1. The lowest BCUT2D eigenvalue weighted by Gasteiger charge is -2.28. The van der Waals surface area contributed by atoms with E-state index < -0.39 is 71.2 Å². The van der Waals surface area contributed by atoms with Crippen molar-refractivity contribution in [3.8, 4) is 0 Å². The number of aliphatic hydroxyl groups excluding tert-OH is 5. The third-order valence-corrected chi connectivity index (χ3v) is 7.92. The summed E-state index contributed by atoms with van der Waals surface area (Å²) in [6.07, 6.45) is -12.0. The van der Waals surface area contributed by atoms with Crippen LogP contribution in [0.2, 0.25) is 0 Å². The third kappa shape index (κ3) is 6.73. The number of fused-ring (bicyclic) bond motifs is 1. The molecule has 0 saturated carbocycles. The number of nitrogens with zero attached hydrogens (tertiary/aromatic N) is 4. The van der Waals surface area contributed by atoms with Crippen molar-refractivity contribution < 1.29 is 67.3 Å². The van der Waals surface area contributed by atoms with Crippen LogP contribution >= 0.6 is 15.6 Å². The van der Waals surface area contributed by atoms with Crippen LogP contribution in [-0.4, -0.2) is 110 Å². The van der Waals surface area contributed by atoms with E-state index in [0.29, 0.717) is 0 Å². The van der Waals surface area contributed by atoms with Crippen LogP contribution in [0.15, 0.2) is 12.7 Å². The number of nitrogen functional groups attached to an aromatic ring is 1. The number of phosphoric acid groups is 2. The van der Waals surface area contributed by atoms with Crippen molar-refractivity contribution in [3.63, 3.8) is 0 Å². The van der Waals surface area contributed by atoms with Crippen molar-refractivity contribution in [2.45, 2.75) is 55.9 Å². The summed E-state index contributed by atoms with van der Waals surface area (Å²) in [6, 6.07) is 0. The first-order chi connectivity index (χ1) is 17.2. The van der Waals surface area contributed by atoms with Crippen molar-refractivity contribution in [1.29, 1.82) is 0 Å². The zero-order valence-electron chi connectivity index (χ0n) is 18.8. The van der Waals surface area contributed by atoms with Gasteiger partial charge in [-0.05, 0) is 6.92 Å². The fourth-order valence-corrected chi connectivity index (χ4v) is 5.65. The molecule has 1 aliphatic heterocycles. The molecule has 3 heterocycles. The van der Waals surface area contributed by atoms with E-state index >= 15 is 0 Å². The van der Waals surface area contributed by atoms with Crippen molar-refractivity contribution in [2.24, 2.45) is 0 Å². The SMILES string of the molecule is C[C@@H](OP(=O)(OC[C@H]1O[C@@H](n2cnc3c(N)ncnc32)[C@H](O)[C@@H]1O)OP(=O)(O)O)[C@H](O)[C@H](O)[C@@H](O)C=O. The molecule has 1 saturated heterocycles. The van der Waals surface area contributed by atoms with Crippen molar-refractivity contribution in [1.82, 2.24) is 19.5 Å². The van der Waals surface area contributed by atoms with E-state index in [1.807, 2.05) is 0 Å². The van der Waals surface area contributed by atoms with E-state index in [1.165, 1.54) is 10.9 Å². The molecule has 0 aliphatic carbocycles. The number of rotatable bonds is 12. The van der Waals surface area contributed by atoms with Gasteiger partial charge in [0.1, 0.15) is 48.5 Å². The Morgan fingerprint density at radius 1 is 1.16 bits per heavy atom. The van der Waals surface area contributed by atoms with Gasteiger partial charge in [-0.3, -0.25) is 13.6 Å². The average Bonchev–Trinajstić information content (AvgIpc) is 3.37. The molecule has 37 heavy (non-hydrogen) atoms. The zero-order chi connectivity index (χ0) is 27.7. The fraction of sp³-hybridized carbons (Fsp3) is 0.625. The molecule has 0 amide bonds. The van der Waals surface area contributed by atoms with Gasteiger partial charge in [0, 0.05) is 0 Å². The number of anilines is 1. The predicted octanol–water partition coefficient (Wildman–Crippen LogP) is -3.05. The summed E-state index contributed by atoms with van der Waals surface area (Å²) in [7, 11) is -10.8. The number of hydrogen-bond donors (Lipinski definition) is 8. The van der Waals surface area contributed by atoms with E-state index in [0.717, 1.165) is 13.3 Å². The molecule has 0 bridgehead atoms. The minimum Gasteiger partial charge on any atom is -0.388 e. The van der Waals surface area contributed by atoms with E-state index in [-0.39, 0.29) is 23.3 Å². The number of phosphoric ester groups is 1. The summed E-state index contributed by atoms with van der Waals surface area (Å²) in [5, 5.41) is 50.0. The van der Waals surface area contributed by atoms with E-state index in [1.54, 1.807) is 0 Å². The van der Waals surface area contributed by atoms with Crippen molar-refractivity contribution >= 4 is 38.9 Å². The van der Waals surface area contributed by atoms with Crippen molar-refractivity contribution in [3.05, 3.63) is 12.7 Å². The van der Waals surface area contributed by atoms with Crippen molar-refractivity contribution in [2.75, 3.05) is 12.3 Å².